The Bertz CT molecular complexity index is 392. The lowest BCUT2D eigenvalue weighted by atomic mass is 9.65. The van der Waals surface area contributed by atoms with Gasteiger partial charge in [-0.05, 0) is 50.4 Å². The number of nitrogens with zero attached hydrogens (tertiary/aromatic N) is 1. The average Bonchev–Trinajstić information content (AvgIpc) is 2.54. The van der Waals surface area contributed by atoms with Crippen LogP contribution in [0, 0.1) is 17.8 Å². The smallest absolute Gasteiger partial charge is 0.223 e. The van der Waals surface area contributed by atoms with Gasteiger partial charge in [-0.3, -0.25) is 4.79 Å². The Morgan fingerprint density at radius 2 is 1.72 bits per heavy atom. The van der Waals surface area contributed by atoms with Crippen LogP contribution in [0.1, 0.15) is 44.9 Å². The fourth-order valence-corrected chi connectivity index (χ4v) is 4.84. The average molecular weight is 396 g/mol. The number of nitrogens with one attached hydrogen (secondary N) is 1. The Morgan fingerprint density at radius 1 is 1.12 bits per heavy atom. The third-order valence-electron chi connectivity index (χ3n) is 6.33. The number of piperidine rings is 1. The van der Waals surface area contributed by atoms with E-state index >= 15 is 0 Å². The normalized spacial score (nSPS) is 33.0. The third-order valence-corrected chi connectivity index (χ3v) is 6.33. The number of carbonyl (C=O) groups excluding carboxylic acids is 1. The summed E-state index contributed by atoms with van der Waals surface area (Å²) in [6.07, 6.45) is 7.89. The fraction of sp³-hybridized carbons (Fsp3) is 0.944. The van der Waals surface area contributed by atoms with Crippen LogP contribution < -0.4 is 11.1 Å². The zero-order chi connectivity index (χ0) is 16.2. The molecule has 0 spiro atoms. The van der Waals surface area contributed by atoms with Crippen LogP contribution in [-0.4, -0.2) is 56.2 Å². The predicted octanol–water partition coefficient (Wildman–Crippen LogP) is 2.21. The molecule has 1 amide bonds. The van der Waals surface area contributed by atoms with Crippen molar-refractivity contribution in [2.45, 2.75) is 57.0 Å². The van der Waals surface area contributed by atoms with Gasteiger partial charge in [0.15, 0.2) is 0 Å². The predicted molar refractivity (Wildman–Crippen MR) is 106 cm³/mol. The third kappa shape index (κ3) is 5.96. The van der Waals surface area contributed by atoms with E-state index in [1.165, 1.54) is 19.3 Å². The van der Waals surface area contributed by atoms with E-state index in [1.54, 1.807) is 7.11 Å². The molecule has 1 saturated heterocycles. The molecule has 2 atom stereocenters. The lowest BCUT2D eigenvalue weighted by Gasteiger charge is -2.44. The summed E-state index contributed by atoms with van der Waals surface area (Å²) in [5, 5.41) is 3.33. The van der Waals surface area contributed by atoms with Gasteiger partial charge in [0.2, 0.25) is 5.91 Å². The molecule has 25 heavy (non-hydrogen) atoms. The number of carbonyl (C=O) groups is 1. The summed E-state index contributed by atoms with van der Waals surface area (Å²) in [6, 6.07) is 0.702. The molecule has 5 nitrogen and oxygen atoms in total. The van der Waals surface area contributed by atoms with Gasteiger partial charge in [-0.25, -0.2) is 0 Å². The van der Waals surface area contributed by atoms with Crippen LogP contribution in [0.25, 0.3) is 0 Å². The quantitative estimate of drug-likeness (QED) is 0.748. The molecule has 3 fully saturated rings. The first-order valence-electron chi connectivity index (χ1n) is 9.44. The molecular weight excluding hydrogens is 361 g/mol. The number of ether oxygens (including phenoxy) is 1. The van der Waals surface area contributed by atoms with Gasteiger partial charge < -0.3 is 20.7 Å². The van der Waals surface area contributed by atoms with Gasteiger partial charge in [-0.15, -0.1) is 24.8 Å². The second-order valence-electron chi connectivity index (χ2n) is 7.81. The molecule has 0 aromatic carbocycles. The molecule has 148 valence electrons. The minimum absolute atomic E-state index is 0. The van der Waals surface area contributed by atoms with Crippen molar-refractivity contribution < 1.29 is 9.53 Å². The van der Waals surface area contributed by atoms with Crippen LogP contribution in [0.15, 0.2) is 0 Å². The van der Waals surface area contributed by atoms with Crippen molar-refractivity contribution in [1.29, 1.82) is 0 Å². The first kappa shape index (κ1) is 23.0. The van der Waals surface area contributed by atoms with Crippen molar-refractivity contribution in [2.75, 3.05) is 33.4 Å². The number of rotatable bonds is 5. The minimum atomic E-state index is 0. The maximum absolute atomic E-state index is 12.7. The second-order valence-corrected chi connectivity index (χ2v) is 7.81. The van der Waals surface area contributed by atoms with Gasteiger partial charge >= 0.3 is 0 Å². The van der Waals surface area contributed by atoms with Crippen molar-refractivity contribution in [3.63, 3.8) is 0 Å². The SMILES string of the molecule is COCCN1CCC(NC(=O)C2CC3CCCC(C2)C3N)CC1.Cl.Cl. The molecule has 2 bridgehead atoms. The molecule has 2 saturated carbocycles. The first-order valence-corrected chi connectivity index (χ1v) is 9.44. The van der Waals surface area contributed by atoms with E-state index in [1.807, 2.05) is 0 Å². The van der Waals surface area contributed by atoms with Gasteiger partial charge in [0, 0.05) is 44.7 Å². The summed E-state index contributed by atoms with van der Waals surface area (Å²) < 4.78 is 5.14. The van der Waals surface area contributed by atoms with E-state index in [9.17, 15) is 4.79 Å². The van der Waals surface area contributed by atoms with Crippen LogP contribution in [0.2, 0.25) is 0 Å². The molecule has 0 radical (unpaired) electrons. The molecule has 3 N–H and O–H groups in total. The highest BCUT2D eigenvalue weighted by molar-refractivity contribution is 5.85. The Morgan fingerprint density at radius 3 is 2.28 bits per heavy atom. The summed E-state index contributed by atoms with van der Waals surface area (Å²) in [4.78, 5) is 15.1. The molecule has 0 aromatic rings. The Kier molecular flexibility index (Phi) is 10.0. The number of hydrogen-bond acceptors (Lipinski definition) is 4. The summed E-state index contributed by atoms with van der Waals surface area (Å²) >= 11 is 0. The van der Waals surface area contributed by atoms with E-state index in [0.717, 1.165) is 51.9 Å². The molecule has 3 aliphatic rings. The van der Waals surface area contributed by atoms with E-state index in [-0.39, 0.29) is 30.7 Å². The number of methoxy groups -OCH3 is 1. The largest absolute Gasteiger partial charge is 0.383 e. The van der Waals surface area contributed by atoms with Gasteiger partial charge in [0.05, 0.1) is 6.61 Å². The summed E-state index contributed by atoms with van der Waals surface area (Å²) in [5.74, 6) is 1.66. The van der Waals surface area contributed by atoms with Gasteiger partial charge in [0.1, 0.15) is 0 Å². The number of likely N-dealkylation sites (tertiary alicyclic amines) is 1. The van der Waals surface area contributed by atoms with E-state index in [4.69, 9.17) is 10.5 Å². The fourth-order valence-electron chi connectivity index (χ4n) is 4.84. The van der Waals surface area contributed by atoms with Crippen molar-refractivity contribution in [1.82, 2.24) is 10.2 Å². The Labute approximate surface area is 164 Å². The monoisotopic (exact) mass is 395 g/mol. The number of halogens is 2. The van der Waals surface area contributed by atoms with E-state index in [2.05, 4.69) is 10.2 Å². The number of fused-ring (bicyclic) bond motifs is 2. The van der Waals surface area contributed by atoms with Crippen LogP contribution in [0.3, 0.4) is 0 Å². The zero-order valence-corrected chi connectivity index (χ0v) is 17.0. The molecule has 1 heterocycles. The molecule has 2 unspecified atom stereocenters. The number of hydrogen-bond donors (Lipinski definition) is 2. The van der Waals surface area contributed by atoms with Crippen LogP contribution in [0.5, 0.6) is 0 Å². The maximum Gasteiger partial charge on any atom is 0.223 e. The number of nitrogens with two attached hydrogens (primary N) is 1. The Hall–Kier alpha value is -0.0700. The molecule has 1 aliphatic heterocycles. The molecule has 7 heteroatoms. The van der Waals surface area contributed by atoms with Crippen molar-refractivity contribution >= 4 is 30.7 Å². The van der Waals surface area contributed by atoms with Crippen molar-refractivity contribution in [3.05, 3.63) is 0 Å². The highest BCUT2D eigenvalue weighted by Gasteiger charge is 2.40. The Balaban J connectivity index is 0.00000156. The summed E-state index contributed by atoms with van der Waals surface area (Å²) in [7, 11) is 1.75. The minimum Gasteiger partial charge on any atom is -0.383 e. The van der Waals surface area contributed by atoms with Gasteiger partial charge in [-0.2, -0.15) is 0 Å². The summed E-state index contributed by atoms with van der Waals surface area (Å²) in [5.41, 5.74) is 6.34. The van der Waals surface area contributed by atoms with Crippen molar-refractivity contribution in [2.24, 2.45) is 23.5 Å². The highest BCUT2D eigenvalue weighted by Crippen LogP contribution is 2.41. The standard InChI is InChI=1S/C18H33N3O2.2ClH/c1-23-10-9-21-7-5-16(6-8-21)20-18(22)15-11-13-3-2-4-14(12-15)17(13)19;;/h13-17H,2-12,19H2,1H3,(H,20,22);2*1H. The van der Waals surface area contributed by atoms with Crippen LogP contribution >= 0.6 is 24.8 Å². The molecular formula is C18H35Cl2N3O2. The topological polar surface area (TPSA) is 67.6 Å². The maximum atomic E-state index is 12.7. The van der Waals surface area contributed by atoms with E-state index < -0.39 is 0 Å². The summed E-state index contributed by atoms with van der Waals surface area (Å²) in [6.45, 7) is 3.92. The molecule has 0 aromatic heterocycles. The lowest BCUT2D eigenvalue weighted by molar-refractivity contribution is -0.129. The van der Waals surface area contributed by atoms with Crippen LogP contribution in [-0.2, 0) is 9.53 Å². The first-order chi connectivity index (χ1) is 11.2. The highest BCUT2D eigenvalue weighted by atomic mass is 35.5. The lowest BCUT2D eigenvalue weighted by Crippen LogP contribution is -2.51. The molecule has 2 aliphatic carbocycles. The van der Waals surface area contributed by atoms with Crippen molar-refractivity contribution in [3.8, 4) is 0 Å². The van der Waals surface area contributed by atoms with E-state index in [0.29, 0.717) is 29.8 Å². The molecule has 3 rings (SSSR count). The van der Waals surface area contributed by atoms with Crippen LogP contribution in [0.4, 0.5) is 0 Å². The van der Waals surface area contributed by atoms with Gasteiger partial charge in [0.25, 0.3) is 0 Å². The number of amides is 1. The second kappa shape index (κ2) is 10.9. The zero-order valence-electron chi connectivity index (χ0n) is 15.3. The van der Waals surface area contributed by atoms with Gasteiger partial charge in [-0.1, -0.05) is 6.42 Å².